The minimum absolute atomic E-state index is 0.153. The number of urea groups is 1. The number of H-pyrrole nitrogens is 1. The highest BCUT2D eigenvalue weighted by Crippen LogP contribution is 2.35. The van der Waals surface area contributed by atoms with Gasteiger partial charge in [0.1, 0.15) is 12.1 Å². The summed E-state index contributed by atoms with van der Waals surface area (Å²) >= 11 is 1.50. The largest absolute Gasteiger partial charge is 0.467 e. The van der Waals surface area contributed by atoms with Crippen LogP contribution in [0.5, 0.6) is 0 Å². The third-order valence-corrected chi connectivity index (χ3v) is 5.58. The van der Waals surface area contributed by atoms with E-state index in [9.17, 15) is 22.8 Å². The molecular formula is C19H21F3N4O3S. The number of ether oxygens (including phenoxy) is 1. The van der Waals surface area contributed by atoms with Gasteiger partial charge in [-0.3, -0.25) is 0 Å². The van der Waals surface area contributed by atoms with Crippen LogP contribution in [-0.4, -0.2) is 58.6 Å². The summed E-state index contributed by atoms with van der Waals surface area (Å²) in [5.41, 5.74) is 0.774. The molecule has 0 spiro atoms. The Morgan fingerprint density at radius 3 is 2.83 bits per heavy atom. The molecular weight excluding hydrogens is 421 g/mol. The number of thioether (sulfide) groups is 1. The van der Waals surface area contributed by atoms with Crippen LogP contribution < -0.4 is 5.32 Å². The number of rotatable bonds is 6. The Labute approximate surface area is 175 Å². The molecule has 1 aliphatic rings. The van der Waals surface area contributed by atoms with E-state index in [4.69, 9.17) is 4.74 Å². The van der Waals surface area contributed by atoms with Crippen LogP contribution in [0.4, 0.5) is 18.0 Å². The maximum absolute atomic E-state index is 14.6. The number of aromatic amines is 1. The number of methoxy groups -OCH3 is 1. The summed E-state index contributed by atoms with van der Waals surface area (Å²) in [5.74, 6) is -4.34. The fourth-order valence-electron chi connectivity index (χ4n) is 3.42. The van der Waals surface area contributed by atoms with Gasteiger partial charge in [0.15, 0.2) is 17.5 Å². The van der Waals surface area contributed by atoms with Crippen molar-refractivity contribution in [2.24, 2.45) is 0 Å². The molecule has 30 heavy (non-hydrogen) atoms. The number of esters is 1. The van der Waals surface area contributed by atoms with Crippen molar-refractivity contribution in [2.75, 3.05) is 25.7 Å². The third kappa shape index (κ3) is 4.25. The summed E-state index contributed by atoms with van der Waals surface area (Å²) in [6, 6.07) is -0.747. The van der Waals surface area contributed by atoms with Gasteiger partial charge in [-0.2, -0.15) is 11.8 Å². The average molecular weight is 442 g/mol. The fourth-order valence-corrected chi connectivity index (χ4v) is 3.89. The van der Waals surface area contributed by atoms with Crippen LogP contribution in [0.3, 0.4) is 0 Å². The number of amides is 2. The van der Waals surface area contributed by atoms with E-state index in [1.54, 1.807) is 0 Å². The van der Waals surface area contributed by atoms with Crippen molar-refractivity contribution >= 4 is 23.8 Å². The van der Waals surface area contributed by atoms with E-state index in [0.29, 0.717) is 30.0 Å². The topological polar surface area (TPSA) is 87.3 Å². The number of carbonyl (C=O) groups excluding carboxylic acids is 2. The molecule has 2 atom stereocenters. The highest BCUT2D eigenvalue weighted by atomic mass is 32.2. The number of fused-ring (bicyclic) bond motifs is 1. The van der Waals surface area contributed by atoms with E-state index in [1.807, 2.05) is 6.26 Å². The second kappa shape index (κ2) is 9.41. The smallest absolute Gasteiger partial charge is 0.328 e. The lowest BCUT2D eigenvalue weighted by atomic mass is 9.95. The lowest BCUT2D eigenvalue weighted by molar-refractivity contribution is -0.142. The molecule has 3 rings (SSSR count). The summed E-state index contributed by atoms with van der Waals surface area (Å²) in [6.07, 6.45) is 4.00. The van der Waals surface area contributed by atoms with Crippen LogP contribution >= 0.6 is 11.8 Å². The Kier molecular flexibility index (Phi) is 6.91. The van der Waals surface area contributed by atoms with Crippen LogP contribution in [0.1, 0.15) is 29.4 Å². The summed E-state index contributed by atoms with van der Waals surface area (Å²) < 4.78 is 46.7. The number of nitrogens with one attached hydrogen (secondary N) is 2. The van der Waals surface area contributed by atoms with Crippen molar-refractivity contribution in [2.45, 2.75) is 24.9 Å². The SMILES string of the molecule is COC(=O)C(CCSC)NC(=O)N1CCc2[nH]cnc2C1c1ccc(F)c(F)c1F. The Morgan fingerprint density at radius 1 is 1.37 bits per heavy atom. The molecule has 7 nitrogen and oxygen atoms in total. The van der Waals surface area contributed by atoms with Crippen molar-refractivity contribution in [1.29, 1.82) is 0 Å². The van der Waals surface area contributed by atoms with Crippen molar-refractivity contribution in [3.63, 3.8) is 0 Å². The van der Waals surface area contributed by atoms with Gasteiger partial charge in [0.05, 0.1) is 19.1 Å². The second-order valence-corrected chi connectivity index (χ2v) is 7.67. The minimum atomic E-state index is -1.62. The van der Waals surface area contributed by atoms with E-state index < -0.39 is 41.5 Å². The molecule has 1 aliphatic heterocycles. The van der Waals surface area contributed by atoms with Gasteiger partial charge >= 0.3 is 12.0 Å². The number of aromatic nitrogens is 2. The monoisotopic (exact) mass is 442 g/mol. The van der Waals surface area contributed by atoms with E-state index >= 15 is 0 Å². The molecule has 0 radical (unpaired) electrons. The van der Waals surface area contributed by atoms with Crippen molar-refractivity contribution in [3.8, 4) is 0 Å². The van der Waals surface area contributed by atoms with Gasteiger partial charge in [-0.05, 0) is 24.5 Å². The predicted molar refractivity (Wildman–Crippen MR) is 104 cm³/mol. The van der Waals surface area contributed by atoms with E-state index in [2.05, 4.69) is 15.3 Å². The normalized spacial score (nSPS) is 16.7. The zero-order valence-electron chi connectivity index (χ0n) is 16.4. The van der Waals surface area contributed by atoms with Gasteiger partial charge in [-0.25, -0.2) is 27.7 Å². The fraction of sp³-hybridized carbons (Fsp3) is 0.421. The second-order valence-electron chi connectivity index (χ2n) is 6.68. The first-order chi connectivity index (χ1) is 14.4. The van der Waals surface area contributed by atoms with E-state index in [0.717, 1.165) is 12.1 Å². The minimum Gasteiger partial charge on any atom is -0.467 e. The molecule has 0 aliphatic carbocycles. The number of benzene rings is 1. The maximum atomic E-state index is 14.6. The molecule has 2 amide bonds. The number of hydrogen-bond acceptors (Lipinski definition) is 5. The van der Waals surface area contributed by atoms with Crippen LogP contribution in [0.2, 0.25) is 0 Å². The lowest BCUT2D eigenvalue weighted by Gasteiger charge is -2.36. The number of nitrogens with zero attached hydrogens (tertiary/aromatic N) is 2. The molecule has 0 fully saturated rings. The molecule has 1 aromatic heterocycles. The van der Waals surface area contributed by atoms with Crippen molar-refractivity contribution in [3.05, 3.63) is 52.9 Å². The van der Waals surface area contributed by atoms with Gasteiger partial charge in [-0.15, -0.1) is 0 Å². The first-order valence-electron chi connectivity index (χ1n) is 9.18. The molecule has 2 heterocycles. The summed E-state index contributed by atoms with van der Waals surface area (Å²) in [7, 11) is 1.22. The zero-order valence-corrected chi connectivity index (χ0v) is 17.2. The Morgan fingerprint density at radius 2 is 2.13 bits per heavy atom. The molecule has 0 bridgehead atoms. The average Bonchev–Trinajstić information content (AvgIpc) is 3.23. The first-order valence-corrected chi connectivity index (χ1v) is 10.6. The van der Waals surface area contributed by atoms with Crippen molar-refractivity contribution in [1.82, 2.24) is 20.2 Å². The molecule has 2 aromatic rings. The van der Waals surface area contributed by atoms with Crippen LogP contribution in [0.25, 0.3) is 0 Å². The lowest BCUT2D eigenvalue weighted by Crippen LogP contribution is -2.51. The summed E-state index contributed by atoms with van der Waals surface area (Å²) in [4.78, 5) is 33.4. The molecule has 11 heteroatoms. The number of hydrogen-bond donors (Lipinski definition) is 2. The molecule has 2 N–H and O–H groups in total. The Balaban J connectivity index is 1.95. The number of carbonyl (C=O) groups is 2. The summed E-state index contributed by atoms with van der Waals surface area (Å²) in [6.45, 7) is 0.153. The molecule has 162 valence electrons. The zero-order chi connectivity index (χ0) is 21.8. The van der Waals surface area contributed by atoms with Crippen LogP contribution in [0.15, 0.2) is 18.5 Å². The van der Waals surface area contributed by atoms with Gasteiger partial charge in [0, 0.05) is 24.2 Å². The Bertz CT molecular complexity index is 940. The van der Waals surface area contributed by atoms with E-state index in [1.165, 1.54) is 30.1 Å². The molecule has 0 saturated heterocycles. The molecule has 2 unspecified atom stereocenters. The number of imidazole rings is 1. The van der Waals surface area contributed by atoms with Crippen LogP contribution in [-0.2, 0) is 16.0 Å². The predicted octanol–water partition coefficient (Wildman–Crippen LogP) is 2.78. The van der Waals surface area contributed by atoms with Gasteiger partial charge in [0.2, 0.25) is 0 Å². The van der Waals surface area contributed by atoms with Gasteiger partial charge in [-0.1, -0.05) is 6.07 Å². The van der Waals surface area contributed by atoms with Gasteiger partial charge in [0.25, 0.3) is 0 Å². The molecule has 1 aromatic carbocycles. The maximum Gasteiger partial charge on any atom is 0.328 e. The van der Waals surface area contributed by atoms with Gasteiger partial charge < -0.3 is 19.9 Å². The third-order valence-electron chi connectivity index (χ3n) is 4.94. The first kappa shape index (κ1) is 22.0. The van der Waals surface area contributed by atoms with Crippen LogP contribution in [0, 0.1) is 17.5 Å². The van der Waals surface area contributed by atoms with Crippen molar-refractivity contribution < 1.29 is 27.5 Å². The highest BCUT2D eigenvalue weighted by molar-refractivity contribution is 7.98. The standard InChI is InChI=1S/C19H21F3N4O3S/c1-29-18(27)13(6-8-30-2)25-19(28)26-7-5-12-16(24-9-23-12)17(26)10-3-4-11(20)15(22)14(10)21/h3-4,9,13,17H,5-8H2,1-2H3,(H,23,24)(H,25,28). The summed E-state index contributed by atoms with van der Waals surface area (Å²) in [5, 5.41) is 2.61. The van der Waals surface area contributed by atoms with E-state index in [-0.39, 0.29) is 12.1 Å². The number of halogens is 3. The molecule has 0 saturated carbocycles. The highest BCUT2D eigenvalue weighted by Gasteiger charge is 2.38. The Hall–Kier alpha value is -2.69. The quantitative estimate of drug-likeness (QED) is 0.531.